The molecule has 0 saturated carbocycles. The minimum absolute atomic E-state index is 0.135. The van der Waals surface area contributed by atoms with Gasteiger partial charge in [-0.1, -0.05) is 27.7 Å². The van der Waals surface area contributed by atoms with Gasteiger partial charge in [-0.15, -0.1) is 0 Å². The molecule has 0 spiro atoms. The summed E-state index contributed by atoms with van der Waals surface area (Å²) in [5, 5.41) is 2.83. The first-order valence-electron chi connectivity index (χ1n) is 5.92. The summed E-state index contributed by atoms with van der Waals surface area (Å²) >= 11 is 0. The molecule has 1 rings (SSSR count). The highest BCUT2D eigenvalue weighted by atomic mass is 32.2. The van der Waals surface area contributed by atoms with Crippen molar-refractivity contribution in [2.45, 2.75) is 39.4 Å². The Balaban J connectivity index is 2.48. The maximum Gasteiger partial charge on any atom is 0.215 e. The van der Waals surface area contributed by atoms with E-state index in [9.17, 15) is 8.42 Å². The molecule has 0 aromatic carbocycles. The third kappa shape index (κ3) is 3.71. The Hall–Kier alpha value is -0.130. The third-order valence-electron chi connectivity index (χ3n) is 3.52. The van der Waals surface area contributed by atoms with Crippen molar-refractivity contribution in [2.24, 2.45) is 11.3 Å². The lowest BCUT2D eigenvalue weighted by molar-refractivity contribution is 0.263. The van der Waals surface area contributed by atoms with Crippen LogP contribution in [0.25, 0.3) is 0 Å². The lowest BCUT2D eigenvalue weighted by Crippen LogP contribution is -2.40. The van der Waals surface area contributed by atoms with Crippen LogP contribution < -0.4 is 10.0 Å². The van der Waals surface area contributed by atoms with Crippen molar-refractivity contribution >= 4 is 10.0 Å². The summed E-state index contributed by atoms with van der Waals surface area (Å²) in [5.41, 5.74) is 0.135. The zero-order valence-electron chi connectivity index (χ0n) is 10.7. The monoisotopic (exact) mass is 248 g/mol. The van der Waals surface area contributed by atoms with Crippen LogP contribution in [-0.2, 0) is 10.0 Å². The Morgan fingerprint density at radius 1 is 1.44 bits per heavy atom. The van der Waals surface area contributed by atoms with Gasteiger partial charge in [-0.2, -0.15) is 0 Å². The molecule has 0 bridgehead atoms. The summed E-state index contributed by atoms with van der Waals surface area (Å²) in [6, 6.07) is 0. The van der Waals surface area contributed by atoms with Crippen molar-refractivity contribution in [3.8, 4) is 0 Å². The molecule has 0 radical (unpaired) electrons. The van der Waals surface area contributed by atoms with E-state index in [1.54, 1.807) is 0 Å². The van der Waals surface area contributed by atoms with Crippen LogP contribution in [0.4, 0.5) is 0 Å². The molecule has 1 fully saturated rings. The summed E-state index contributed by atoms with van der Waals surface area (Å²) in [5.74, 6) is 0.330. The molecule has 1 aliphatic heterocycles. The lowest BCUT2D eigenvalue weighted by atomic mass is 9.82. The smallest absolute Gasteiger partial charge is 0.215 e. The van der Waals surface area contributed by atoms with Gasteiger partial charge in [0.05, 0.1) is 5.25 Å². The molecule has 96 valence electrons. The SMILES string of the molecule is CC(CNS(=O)(=O)C1CCNC1)C(C)(C)C. The van der Waals surface area contributed by atoms with Gasteiger partial charge in [0.25, 0.3) is 0 Å². The highest BCUT2D eigenvalue weighted by Crippen LogP contribution is 2.24. The molecule has 5 heteroatoms. The van der Waals surface area contributed by atoms with Gasteiger partial charge in [0.1, 0.15) is 0 Å². The standard InChI is InChI=1S/C11H24N2O2S/c1-9(11(2,3)4)7-13-16(14,15)10-5-6-12-8-10/h9-10,12-13H,5-8H2,1-4H3. The highest BCUT2D eigenvalue weighted by molar-refractivity contribution is 7.90. The van der Waals surface area contributed by atoms with E-state index in [0.29, 0.717) is 19.0 Å². The fourth-order valence-corrected chi connectivity index (χ4v) is 3.04. The molecule has 16 heavy (non-hydrogen) atoms. The zero-order valence-corrected chi connectivity index (χ0v) is 11.5. The number of sulfonamides is 1. The number of hydrogen-bond acceptors (Lipinski definition) is 3. The lowest BCUT2D eigenvalue weighted by Gasteiger charge is -2.27. The molecule has 2 unspecified atom stereocenters. The van der Waals surface area contributed by atoms with Gasteiger partial charge in [-0.25, -0.2) is 13.1 Å². The van der Waals surface area contributed by atoms with E-state index < -0.39 is 10.0 Å². The van der Waals surface area contributed by atoms with E-state index in [-0.39, 0.29) is 10.7 Å². The van der Waals surface area contributed by atoms with Gasteiger partial charge in [0.15, 0.2) is 0 Å². The molecule has 1 heterocycles. The van der Waals surface area contributed by atoms with Crippen LogP contribution in [0.1, 0.15) is 34.1 Å². The molecule has 1 saturated heterocycles. The minimum Gasteiger partial charge on any atom is -0.315 e. The Bertz CT molecular complexity index is 313. The molecular weight excluding hydrogens is 224 g/mol. The Morgan fingerprint density at radius 2 is 2.06 bits per heavy atom. The summed E-state index contributed by atoms with van der Waals surface area (Å²) in [7, 11) is -3.13. The normalized spacial score (nSPS) is 24.6. The maximum atomic E-state index is 11.9. The molecule has 2 N–H and O–H groups in total. The van der Waals surface area contributed by atoms with Crippen LogP contribution in [0.2, 0.25) is 0 Å². The first-order valence-corrected chi connectivity index (χ1v) is 7.47. The van der Waals surface area contributed by atoms with Crippen molar-refractivity contribution in [3.63, 3.8) is 0 Å². The summed E-state index contributed by atoms with van der Waals surface area (Å²) in [6.07, 6.45) is 0.721. The van der Waals surface area contributed by atoms with E-state index in [1.807, 2.05) is 0 Å². The third-order valence-corrected chi connectivity index (χ3v) is 5.37. The molecule has 2 atom stereocenters. The second kappa shape index (κ2) is 5.02. The molecule has 0 amide bonds. The maximum absolute atomic E-state index is 11.9. The van der Waals surface area contributed by atoms with Crippen LogP contribution in [0.3, 0.4) is 0 Å². The van der Waals surface area contributed by atoms with E-state index in [2.05, 4.69) is 37.7 Å². The molecule has 1 aliphatic rings. The van der Waals surface area contributed by atoms with Crippen molar-refractivity contribution in [3.05, 3.63) is 0 Å². The Kier molecular flexibility index (Phi) is 4.37. The molecule has 0 aromatic rings. The fourth-order valence-electron chi connectivity index (χ4n) is 1.56. The molecule has 4 nitrogen and oxygen atoms in total. The van der Waals surface area contributed by atoms with Crippen LogP contribution in [0.5, 0.6) is 0 Å². The van der Waals surface area contributed by atoms with E-state index in [1.165, 1.54) is 0 Å². The van der Waals surface area contributed by atoms with Gasteiger partial charge in [-0.05, 0) is 24.3 Å². The predicted molar refractivity (Wildman–Crippen MR) is 66.8 cm³/mol. The van der Waals surface area contributed by atoms with E-state index >= 15 is 0 Å². The van der Waals surface area contributed by atoms with Gasteiger partial charge in [0.2, 0.25) is 10.0 Å². The van der Waals surface area contributed by atoms with Crippen molar-refractivity contribution in [1.29, 1.82) is 0 Å². The first kappa shape index (κ1) is 13.9. The quantitative estimate of drug-likeness (QED) is 0.779. The Morgan fingerprint density at radius 3 is 2.50 bits per heavy atom. The number of nitrogens with one attached hydrogen (secondary N) is 2. The second-order valence-corrected chi connectivity index (χ2v) is 7.82. The minimum atomic E-state index is -3.13. The van der Waals surface area contributed by atoms with Gasteiger partial charge >= 0.3 is 0 Å². The van der Waals surface area contributed by atoms with Crippen LogP contribution in [0.15, 0.2) is 0 Å². The van der Waals surface area contributed by atoms with Gasteiger partial charge < -0.3 is 5.32 Å². The van der Waals surface area contributed by atoms with E-state index in [0.717, 1.165) is 13.0 Å². The van der Waals surface area contributed by atoms with Crippen molar-refractivity contribution in [1.82, 2.24) is 10.0 Å². The molecule has 0 aliphatic carbocycles. The summed E-state index contributed by atoms with van der Waals surface area (Å²) in [6.45, 7) is 10.4. The van der Waals surface area contributed by atoms with Crippen molar-refractivity contribution < 1.29 is 8.42 Å². The predicted octanol–water partition coefficient (Wildman–Crippen LogP) is 0.950. The zero-order chi connectivity index (χ0) is 12.4. The summed E-state index contributed by atoms with van der Waals surface area (Å²) in [4.78, 5) is 0. The largest absolute Gasteiger partial charge is 0.315 e. The number of rotatable bonds is 4. The second-order valence-electron chi connectivity index (χ2n) is 5.78. The van der Waals surface area contributed by atoms with Gasteiger partial charge in [-0.3, -0.25) is 0 Å². The molecular formula is C11H24N2O2S. The average molecular weight is 248 g/mol. The topological polar surface area (TPSA) is 58.2 Å². The Labute approximate surface area is 99.2 Å². The van der Waals surface area contributed by atoms with Crippen LogP contribution >= 0.6 is 0 Å². The van der Waals surface area contributed by atoms with Crippen LogP contribution in [-0.4, -0.2) is 33.3 Å². The highest BCUT2D eigenvalue weighted by Gasteiger charge is 2.29. The van der Waals surface area contributed by atoms with Crippen LogP contribution in [0, 0.1) is 11.3 Å². The fraction of sp³-hybridized carbons (Fsp3) is 1.00. The number of hydrogen-bond donors (Lipinski definition) is 2. The first-order chi connectivity index (χ1) is 7.23. The van der Waals surface area contributed by atoms with E-state index in [4.69, 9.17) is 0 Å². The van der Waals surface area contributed by atoms with Crippen molar-refractivity contribution in [2.75, 3.05) is 19.6 Å². The molecule has 0 aromatic heterocycles. The average Bonchev–Trinajstić information content (AvgIpc) is 2.65. The summed E-state index contributed by atoms with van der Waals surface area (Å²) < 4.78 is 26.6. The van der Waals surface area contributed by atoms with Gasteiger partial charge in [0, 0.05) is 13.1 Å².